The first-order valence-corrected chi connectivity index (χ1v) is 5.01. The minimum Gasteiger partial charge on any atom is -0.507 e. The second-order valence-corrected chi connectivity index (χ2v) is 3.66. The highest BCUT2D eigenvalue weighted by Crippen LogP contribution is 2.23. The van der Waals surface area contributed by atoms with E-state index in [0.717, 1.165) is 0 Å². The summed E-state index contributed by atoms with van der Waals surface area (Å²) in [5, 5.41) is 17.6. The second-order valence-electron chi connectivity index (χ2n) is 3.66. The molecule has 0 amide bonds. The number of nitrogens with one attached hydrogen (secondary N) is 1. The summed E-state index contributed by atoms with van der Waals surface area (Å²) in [6.07, 6.45) is 0. The van der Waals surface area contributed by atoms with Gasteiger partial charge in [-0.2, -0.15) is 0 Å². The zero-order valence-corrected chi connectivity index (χ0v) is 8.94. The van der Waals surface area contributed by atoms with Crippen molar-refractivity contribution in [3.05, 3.63) is 59.4 Å². The van der Waals surface area contributed by atoms with Crippen molar-refractivity contribution in [3.63, 3.8) is 0 Å². The summed E-state index contributed by atoms with van der Waals surface area (Å²) in [6, 6.07) is 10.1. The van der Waals surface area contributed by atoms with Crippen molar-refractivity contribution < 1.29 is 9.50 Å². The molecule has 0 aliphatic rings. The molecule has 0 bridgehead atoms. The fourth-order valence-electron chi connectivity index (χ4n) is 1.53. The largest absolute Gasteiger partial charge is 0.507 e. The van der Waals surface area contributed by atoms with Crippen LogP contribution < -0.4 is 5.73 Å². The predicted molar refractivity (Wildman–Crippen MR) is 64.8 cm³/mol. The van der Waals surface area contributed by atoms with E-state index in [1.807, 2.05) is 0 Å². The average Bonchev–Trinajstić information content (AvgIpc) is 2.29. The van der Waals surface area contributed by atoms with Crippen molar-refractivity contribution >= 4 is 11.4 Å². The van der Waals surface area contributed by atoms with Gasteiger partial charge in [-0.3, -0.25) is 5.41 Å². The van der Waals surface area contributed by atoms with Crippen LogP contribution in [0.3, 0.4) is 0 Å². The molecule has 0 aliphatic heterocycles. The van der Waals surface area contributed by atoms with Crippen molar-refractivity contribution in [1.29, 1.82) is 5.41 Å². The van der Waals surface area contributed by atoms with E-state index in [0.29, 0.717) is 16.8 Å². The lowest BCUT2D eigenvalue weighted by Crippen LogP contribution is -2.02. The number of rotatable bonds is 2. The Balaban J connectivity index is 2.40. The van der Waals surface area contributed by atoms with Crippen molar-refractivity contribution in [2.75, 3.05) is 5.73 Å². The quantitative estimate of drug-likeness (QED) is 0.548. The van der Waals surface area contributed by atoms with Gasteiger partial charge in [-0.15, -0.1) is 0 Å². The van der Waals surface area contributed by atoms with Gasteiger partial charge in [0, 0.05) is 22.9 Å². The van der Waals surface area contributed by atoms with E-state index in [-0.39, 0.29) is 17.3 Å². The molecule has 2 aromatic carbocycles. The van der Waals surface area contributed by atoms with Gasteiger partial charge in [0.2, 0.25) is 0 Å². The molecule has 0 radical (unpaired) electrons. The van der Waals surface area contributed by atoms with Crippen LogP contribution >= 0.6 is 0 Å². The third kappa shape index (κ3) is 2.25. The van der Waals surface area contributed by atoms with Crippen LogP contribution in [0, 0.1) is 11.2 Å². The van der Waals surface area contributed by atoms with Gasteiger partial charge < -0.3 is 10.8 Å². The Morgan fingerprint density at radius 2 is 1.76 bits per heavy atom. The molecule has 0 spiro atoms. The monoisotopic (exact) mass is 230 g/mol. The molecule has 2 rings (SSSR count). The lowest BCUT2D eigenvalue weighted by molar-refractivity contribution is 0.474. The molecule has 0 aromatic heterocycles. The molecular formula is C13H11FN2O. The van der Waals surface area contributed by atoms with Crippen LogP contribution in [0.25, 0.3) is 0 Å². The molecule has 17 heavy (non-hydrogen) atoms. The molecule has 0 heterocycles. The van der Waals surface area contributed by atoms with E-state index in [1.165, 1.54) is 30.3 Å². The molecule has 0 aliphatic carbocycles. The number of anilines is 1. The normalized spacial score (nSPS) is 10.2. The summed E-state index contributed by atoms with van der Waals surface area (Å²) in [4.78, 5) is 0. The van der Waals surface area contributed by atoms with Gasteiger partial charge in [0.25, 0.3) is 0 Å². The molecule has 2 aromatic rings. The number of hydrogen-bond acceptors (Lipinski definition) is 3. The minimum absolute atomic E-state index is 0.0562. The first-order chi connectivity index (χ1) is 8.08. The lowest BCUT2D eigenvalue weighted by Gasteiger charge is -2.07. The summed E-state index contributed by atoms with van der Waals surface area (Å²) < 4.78 is 12.7. The first-order valence-electron chi connectivity index (χ1n) is 5.01. The highest BCUT2D eigenvalue weighted by molar-refractivity contribution is 6.12. The van der Waals surface area contributed by atoms with Crippen LogP contribution in [0.1, 0.15) is 11.1 Å². The molecule has 86 valence electrons. The smallest absolute Gasteiger partial charge is 0.127 e. The Morgan fingerprint density at radius 1 is 1.12 bits per heavy atom. The second kappa shape index (κ2) is 4.25. The maximum Gasteiger partial charge on any atom is 0.127 e. The molecule has 0 unspecified atom stereocenters. The van der Waals surface area contributed by atoms with E-state index >= 15 is 0 Å². The first kappa shape index (κ1) is 11.1. The van der Waals surface area contributed by atoms with Gasteiger partial charge >= 0.3 is 0 Å². The molecule has 0 saturated carbocycles. The van der Waals surface area contributed by atoms with Gasteiger partial charge in [-0.1, -0.05) is 0 Å². The summed E-state index contributed by atoms with van der Waals surface area (Å²) in [6.45, 7) is 0. The number of halogens is 1. The number of phenolic OH excluding ortho intramolecular Hbond substituents is 1. The number of nitrogens with two attached hydrogens (primary N) is 1. The van der Waals surface area contributed by atoms with E-state index in [2.05, 4.69) is 0 Å². The van der Waals surface area contributed by atoms with Gasteiger partial charge in [-0.25, -0.2) is 4.39 Å². The number of phenols is 1. The molecule has 3 nitrogen and oxygen atoms in total. The number of hydrogen-bond donors (Lipinski definition) is 3. The van der Waals surface area contributed by atoms with Crippen LogP contribution in [-0.4, -0.2) is 10.8 Å². The van der Waals surface area contributed by atoms with Crippen molar-refractivity contribution in [3.8, 4) is 5.75 Å². The van der Waals surface area contributed by atoms with Gasteiger partial charge in [0.05, 0.1) is 5.71 Å². The highest BCUT2D eigenvalue weighted by Gasteiger charge is 2.09. The number of benzene rings is 2. The lowest BCUT2D eigenvalue weighted by atomic mass is 10.0. The molecule has 0 saturated heterocycles. The van der Waals surface area contributed by atoms with Crippen LogP contribution in [0.2, 0.25) is 0 Å². The van der Waals surface area contributed by atoms with Crippen molar-refractivity contribution in [2.24, 2.45) is 0 Å². The molecule has 0 fully saturated rings. The SMILES string of the molecule is N=C(c1ccc(F)cc1)c1ccc(N)cc1O. The van der Waals surface area contributed by atoms with E-state index in [4.69, 9.17) is 11.1 Å². The van der Waals surface area contributed by atoms with Crippen molar-refractivity contribution in [2.45, 2.75) is 0 Å². The Labute approximate surface area is 97.8 Å². The van der Waals surface area contributed by atoms with Crippen LogP contribution in [0.4, 0.5) is 10.1 Å². The highest BCUT2D eigenvalue weighted by atomic mass is 19.1. The average molecular weight is 230 g/mol. The fraction of sp³-hybridized carbons (Fsp3) is 0. The van der Waals surface area contributed by atoms with E-state index < -0.39 is 0 Å². The summed E-state index contributed by atoms with van der Waals surface area (Å²) in [7, 11) is 0. The number of nitrogen functional groups attached to an aromatic ring is 1. The summed E-state index contributed by atoms with van der Waals surface area (Å²) >= 11 is 0. The zero-order valence-electron chi connectivity index (χ0n) is 8.94. The maximum atomic E-state index is 12.7. The topological polar surface area (TPSA) is 70.1 Å². The zero-order chi connectivity index (χ0) is 12.4. The Morgan fingerprint density at radius 3 is 2.35 bits per heavy atom. The van der Waals surface area contributed by atoms with Gasteiger partial charge in [-0.05, 0) is 36.4 Å². The van der Waals surface area contributed by atoms with E-state index in [1.54, 1.807) is 12.1 Å². The van der Waals surface area contributed by atoms with Crippen LogP contribution in [0.15, 0.2) is 42.5 Å². The third-order valence-corrected chi connectivity index (χ3v) is 2.42. The third-order valence-electron chi connectivity index (χ3n) is 2.42. The van der Waals surface area contributed by atoms with Crippen LogP contribution in [0.5, 0.6) is 5.75 Å². The predicted octanol–water partition coefficient (Wildman–Crippen LogP) is 2.53. The van der Waals surface area contributed by atoms with E-state index in [9.17, 15) is 9.50 Å². The Bertz CT molecular complexity index is 564. The molecular weight excluding hydrogens is 219 g/mol. The fourth-order valence-corrected chi connectivity index (χ4v) is 1.53. The Kier molecular flexibility index (Phi) is 2.78. The minimum atomic E-state index is -0.358. The standard InChI is InChI=1S/C13H11FN2O/c14-9-3-1-8(2-4-9)13(16)11-6-5-10(15)7-12(11)17/h1-7,16-17H,15H2. The maximum absolute atomic E-state index is 12.7. The summed E-state index contributed by atoms with van der Waals surface area (Å²) in [5.41, 5.74) is 6.96. The van der Waals surface area contributed by atoms with Crippen LogP contribution in [-0.2, 0) is 0 Å². The van der Waals surface area contributed by atoms with Gasteiger partial charge in [0.15, 0.2) is 0 Å². The number of aromatic hydroxyl groups is 1. The summed E-state index contributed by atoms with van der Waals surface area (Å²) in [5.74, 6) is -0.414. The van der Waals surface area contributed by atoms with Crippen molar-refractivity contribution in [1.82, 2.24) is 0 Å². The molecule has 4 N–H and O–H groups in total. The van der Waals surface area contributed by atoms with Gasteiger partial charge in [0.1, 0.15) is 11.6 Å². The Hall–Kier alpha value is -2.36. The molecule has 0 atom stereocenters. The molecule has 4 heteroatoms.